The van der Waals surface area contributed by atoms with Crippen molar-refractivity contribution in [2.45, 2.75) is 51.2 Å². The zero-order valence-electron chi connectivity index (χ0n) is 13.1. The molecular weight excluding hydrogens is 280 g/mol. The summed E-state index contributed by atoms with van der Waals surface area (Å²) < 4.78 is 5.82. The molecule has 0 aromatic heterocycles. The van der Waals surface area contributed by atoms with Crippen LogP contribution in [0.15, 0.2) is 23.6 Å². The van der Waals surface area contributed by atoms with Gasteiger partial charge >= 0.3 is 0 Å². The van der Waals surface area contributed by atoms with E-state index in [9.17, 15) is 9.59 Å². The van der Waals surface area contributed by atoms with E-state index in [4.69, 9.17) is 4.74 Å². The van der Waals surface area contributed by atoms with E-state index in [0.29, 0.717) is 18.7 Å². The molecule has 0 spiro atoms. The molecule has 1 aliphatic heterocycles. The number of hydrogen-bond donors (Lipinski definition) is 1. The zero-order chi connectivity index (χ0) is 15.5. The molecular formula is C17H24N2O3. The van der Waals surface area contributed by atoms with Crippen LogP contribution < -0.4 is 5.32 Å². The van der Waals surface area contributed by atoms with Crippen molar-refractivity contribution in [2.75, 3.05) is 13.6 Å². The standard InChI is InChI=1S/C17H24N2O3/c1-19-14-8-7-13(20)11-15(14)22-16(19)9-10-18-17(21)12-5-3-2-4-6-12/h8,11-12,16H,2-7,9-10H2,1H3,(H,18,21). The Morgan fingerprint density at radius 1 is 1.36 bits per heavy atom. The molecule has 5 nitrogen and oxygen atoms in total. The molecule has 2 aliphatic carbocycles. The molecule has 1 atom stereocenters. The quantitative estimate of drug-likeness (QED) is 0.864. The Balaban J connectivity index is 1.47. The third kappa shape index (κ3) is 3.18. The van der Waals surface area contributed by atoms with Crippen LogP contribution in [0.1, 0.15) is 44.9 Å². The van der Waals surface area contributed by atoms with Crippen LogP contribution in [0.5, 0.6) is 0 Å². The highest BCUT2D eigenvalue weighted by atomic mass is 16.5. The minimum atomic E-state index is -0.102. The largest absolute Gasteiger partial charge is 0.468 e. The molecule has 1 saturated carbocycles. The first-order chi connectivity index (χ1) is 10.6. The molecule has 0 aromatic rings. The van der Waals surface area contributed by atoms with Crippen LogP contribution in [-0.2, 0) is 14.3 Å². The zero-order valence-corrected chi connectivity index (χ0v) is 13.1. The normalized spacial score (nSPS) is 25.2. The Labute approximate surface area is 131 Å². The van der Waals surface area contributed by atoms with E-state index in [1.807, 2.05) is 18.0 Å². The molecule has 2 fully saturated rings. The summed E-state index contributed by atoms with van der Waals surface area (Å²) in [5, 5.41) is 3.04. The average molecular weight is 304 g/mol. The van der Waals surface area contributed by atoms with Crippen molar-refractivity contribution in [3.05, 3.63) is 23.6 Å². The lowest BCUT2D eigenvalue weighted by Crippen LogP contribution is -2.35. The van der Waals surface area contributed by atoms with Gasteiger partial charge in [-0.05, 0) is 18.9 Å². The highest BCUT2D eigenvalue weighted by molar-refractivity contribution is 5.93. The maximum atomic E-state index is 12.1. The van der Waals surface area contributed by atoms with Gasteiger partial charge in [0.1, 0.15) is 5.76 Å². The van der Waals surface area contributed by atoms with Gasteiger partial charge in [-0.25, -0.2) is 0 Å². The molecule has 120 valence electrons. The van der Waals surface area contributed by atoms with Crippen LogP contribution in [-0.4, -0.2) is 36.4 Å². The number of nitrogens with one attached hydrogen (secondary N) is 1. The van der Waals surface area contributed by atoms with Crippen LogP contribution in [0.4, 0.5) is 0 Å². The van der Waals surface area contributed by atoms with Crippen molar-refractivity contribution in [2.24, 2.45) is 5.92 Å². The minimum Gasteiger partial charge on any atom is -0.468 e. The van der Waals surface area contributed by atoms with E-state index >= 15 is 0 Å². The lowest BCUT2D eigenvalue weighted by atomic mass is 9.89. The van der Waals surface area contributed by atoms with Gasteiger partial charge in [-0.2, -0.15) is 0 Å². The van der Waals surface area contributed by atoms with Crippen molar-refractivity contribution >= 4 is 11.7 Å². The minimum absolute atomic E-state index is 0.0819. The first kappa shape index (κ1) is 15.1. The lowest BCUT2D eigenvalue weighted by Gasteiger charge is -2.22. The first-order valence-corrected chi connectivity index (χ1v) is 8.27. The summed E-state index contributed by atoms with van der Waals surface area (Å²) in [5.41, 5.74) is 0.989. The summed E-state index contributed by atoms with van der Waals surface area (Å²) in [6.07, 6.45) is 10.2. The van der Waals surface area contributed by atoms with E-state index in [0.717, 1.165) is 25.0 Å². The number of fused-ring (bicyclic) bond motifs is 1. The van der Waals surface area contributed by atoms with Gasteiger partial charge in [0.25, 0.3) is 0 Å². The van der Waals surface area contributed by atoms with Crippen LogP contribution in [0.25, 0.3) is 0 Å². The predicted octanol–water partition coefficient (Wildman–Crippen LogP) is 2.10. The van der Waals surface area contributed by atoms with Crippen molar-refractivity contribution in [3.8, 4) is 0 Å². The smallest absolute Gasteiger partial charge is 0.223 e. The van der Waals surface area contributed by atoms with Crippen molar-refractivity contribution in [1.82, 2.24) is 10.2 Å². The van der Waals surface area contributed by atoms with Gasteiger partial charge in [0.05, 0.1) is 5.70 Å². The average Bonchev–Trinajstić information content (AvgIpc) is 2.83. The summed E-state index contributed by atoms with van der Waals surface area (Å²) >= 11 is 0. The number of ketones is 1. The van der Waals surface area contributed by atoms with Crippen molar-refractivity contribution in [3.63, 3.8) is 0 Å². The number of allylic oxidation sites excluding steroid dienone is 2. The highest BCUT2D eigenvalue weighted by Crippen LogP contribution is 2.32. The highest BCUT2D eigenvalue weighted by Gasteiger charge is 2.32. The molecule has 0 bridgehead atoms. The molecule has 1 heterocycles. The molecule has 22 heavy (non-hydrogen) atoms. The Hall–Kier alpha value is -1.78. The second-order valence-electron chi connectivity index (χ2n) is 6.37. The fourth-order valence-corrected chi connectivity index (χ4v) is 3.45. The van der Waals surface area contributed by atoms with E-state index in [1.54, 1.807) is 6.08 Å². The van der Waals surface area contributed by atoms with Gasteiger partial charge in [-0.1, -0.05) is 19.3 Å². The molecule has 3 aliphatic rings. The third-order valence-electron chi connectivity index (χ3n) is 4.78. The lowest BCUT2D eigenvalue weighted by molar-refractivity contribution is -0.126. The number of rotatable bonds is 4. The van der Waals surface area contributed by atoms with Gasteiger partial charge < -0.3 is 15.0 Å². The summed E-state index contributed by atoms with van der Waals surface area (Å²) in [6, 6.07) is 0. The topological polar surface area (TPSA) is 58.6 Å². The fourth-order valence-electron chi connectivity index (χ4n) is 3.45. The molecule has 3 rings (SSSR count). The van der Waals surface area contributed by atoms with Gasteiger partial charge in [0.2, 0.25) is 5.91 Å². The maximum absolute atomic E-state index is 12.1. The molecule has 1 unspecified atom stereocenters. The summed E-state index contributed by atoms with van der Waals surface area (Å²) in [4.78, 5) is 25.6. The first-order valence-electron chi connectivity index (χ1n) is 8.27. The molecule has 1 N–H and O–H groups in total. The Morgan fingerprint density at radius 3 is 2.91 bits per heavy atom. The number of carbonyl (C=O) groups excluding carboxylic acids is 2. The van der Waals surface area contributed by atoms with E-state index in [1.165, 1.54) is 19.3 Å². The maximum Gasteiger partial charge on any atom is 0.223 e. The number of carbonyl (C=O) groups is 2. The van der Waals surface area contributed by atoms with Crippen LogP contribution >= 0.6 is 0 Å². The molecule has 0 radical (unpaired) electrons. The second-order valence-corrected chi connectivity index (χ2v) is 6.37. The second kappa shape index (κ2) is 6.55. The molecule has 5 heteroatoms. The summed E-state index contributed by atoms with van der Waals surface area (Å²) in [5.74, 6) is 1.13. The van der Waals surface area contributed by atoms with E-state index in [-0.39, 0.29) is 23.8 Å². The van der Waals surface area contributed by atoms with Crippen LogP contribution in [0.2, 0.25) is 0 Å². The number of amides is 1. The van der Waals surface area contributed by atoms with Gasteiger partial charge in [-0.3, -0.25) is 9.59 Å². The Kier molecular flexibility index (Phi) is 4.50. The Morgan fingerprint density at radius 2 is 2.14 bits per heavy atom. The molecule has 1 amide bonds. The number of nitrogens with zero attached hydrogens (tertiary/aromatic N) is 1. The van der Waals surface area contributed by atoms with Gasteiger partial charge in [0.15, 0.2) is 12.0 Å². The number of hydrogen-bond acceptors (Lipinski definition) is 4. The SMILES string of the molecule is CN1C2=CCC(=O)C=C2OC1CCNC(=O)C1CCCCC1. The van der Waals surface area contributed by atoms with Crippen molar-refractivity contribution < 1.29 is 14.3 Å². The third-order valence-corrected chi connectivity index (χ3v) is 4.78. The van der Waals surface area contributed by atoms with Gasteiger partial charge in [-0.15, -0.1) is 0 Å². The van der Waals surface area contributed by atoms with E-state index in [2.05, 4.69) is 5.32 Å². The number of likely N-dealkylation sites (N-methyl/N-ethyl adjacent to an activating group) is 1. The molecule has 1 saturated heterocycles. The predicted molar refractivity (Wildman–Crippen MR) is 82.6 cm³/mol. The van der Waals surface area contributed by atoms with E-state index < -0.39 is 0 Å². The fraction of sp³-hybridized carbons (Fsp3) is 0.647. The van der Waals surface area contributed by atoms with Gasteiger partial charge in [0, 0.05) is 38.4 Å². The molecule has 0 aromatic carbocycles. The summed E-state index contributed by atoms with van der Waals surface area (Å²) in [7, 11) is 1.97. The Bertz CT molecular complexity index is 518. The monoisotopic (exact) mass is 304 g/mol. The van der Waals surface area contributed by atoms with Crippen molar-refractivity contribution in [1.29, 1.82) is 0 Å². The summed E-state index contributed by atoms with van der Waals surface area (Å²) in [6.45, 7) is 0.610. The van der Waals surface area contributed by atoms with Crippen LogP contribution in [0, 0.1) is 5.92 Å². The van der Waals surface area contributed by atoms with Crippen LogP contribution in [0.3, 0.4) is 0 Å². The number of ether oxygens (including phenoxy) is 1.